The molecule has 0 unspecified atom stereocenters. The molecule has 2 N–H and O–H groups in total. The van der Waals surface area contributed by atoms with Gasteiger partial charge in [0, 0.05) is 12.6 Å². The summed E-state index contributed by atoms with van der Waals surface area (Å²) < 4.78 is 0. The van der Waals surface area contributed by atoms with Crippen LogP contribution in [0.4, 0.5) is 0 Å². The molecule has 0 spiro atoms. The third-order valence-corrected chi connectivity index (χ3v) is 4.07. The van der Waals surface area contributed by atoms with Gasteiger partial charge in [-0.1, -0.05) is 46.5 Å². The first-order valence-corrected chi connectivity index (χ1v) is 7.53. The maximum Gasteiger partial charge on any atom is 0.234 e. The molecule has 1 fully saturated rings. The lowest BCUT2D eigenvalue weighted by Crippen LogP contribution is -2.42. The molecule has 1 saturated carbocycles. The van der Waals surface area contributed by atoms with Crippen LogP contribution in [0, 0.1) is 5.41 Å². The second-order valence-electron chi connectivity index (χ2n) is 6.38. The van der Waals surface area contributed by atoms with Crippen molar-refractivity contribution in [2.24, 2.45) is 5.41 Å². The minimum atomic E-state index is 0.161. The van der Waals surface area contributed by atoms with Crippen LogP contribution in [-0.2, 0) is 4.79 Å². The monoisotopic (exact) mass is 254 g/mol. The fourth-order valence-electron chi connectivity index (χ4n) is 2.34. The van der Waals surface area contributed by atoms with E-state index < -0.39 is 0 Å². The van der Waals surface area contributed by atoms with Crippen molar-refractivity contribution < 1.29 is 4.79 Å². The molecule has 0 aromatic heterocycles. The molecule has 1 amide bonds. The van der Waals surface area contributed by atoms with E-state index in [1.54, 1.807) is 0 Å². The Kier molecular flexibility index (Phi) is 6.69. The smallest absolute Gasteiger partial charge is 0.234 e. The highest BCUT2D eigenvalue weighted by Gasteiger charge is 2.17. The van der Waals surface area contributed by atoms with Crippen molar-refractivity contribution in [3.05, 3.63) is 0 Å². The Morgan fingerprint density at radius 2 is 1.78 bits per heavy atom. The Balaban J connectivity index is 2.16. The van der Waals surface area contributed by atoms with Crippen molar-refractivity contribution in [1.82, 2.24) is 10.6 Å². The summed E-state index contributed by atoms with van der Waals surface area (Å²) >= 11 is 0. The van der Waals surface area contributed by atoms with Crippen molar-refractivity contribution >= 4 is 5.91 Å². The molecule has 0 atom stereocenters. The van der Waals surface area contributed by atoms with Crippen LogP contribution in [0.2, 0.25) is 0 Å². The molecule has 1 rings (SSSR count). The first-order chi connectivity index (χ1) is 8.53. The maximum atomic E-state index is 11.8. The first kappa shape index (κ1) is 15.5. The topological polar surface area (TPSA) is 41.1 Å². The van der Waals surface area contributed by atoms with Gasteiger partial charge in [0.15, 0.2) is 0 Å². The molecule has 0 aromatic rings. The summed E-state index contributed by atoms with van der Waals surface area (Å²) in [5, 5.41) is 6.43. The fourth-order valence-corrected chi connectivity index (χ4v) is 2.34. The van der Waals surface area contributed by atoms with E-state index in [0.29, 0.717) is 12.6 Å². The van der Waals surface area contributed by atoms with Crippen molar-refractivity contribution in [2.45, 2.75) is 71.8 Å². The summed E-state index contributed by atoms with van der Waals surface area (Å²) in [5.41, 5.74) is 0.280. The highest BCUT2D eigenvalue weighted by atomic mass is 16.1. The number of nitrogens with one attached hydrogen (secondary N) is 2. The molecule has 0 aromatic carbocycles. The average molecular weight is 254 g/mol. The van der Waals surface area contributed by atoms with Gasteiger partial charge in [-0.05, 0) is 24.7 Å². The molecule has 3 nitrogen and oxygen atoms in total. The molecular formula is C15H30N2O. The summed E-state index contributed by atoms with van der Waals surface area (Å²) in [4.78, 5) is 11.8. The highest BCUT2D eigenvalue weighted by molar-refractivity contribution is 5.78. The summed E-state index contributed by atoms with van der Waals surface area (Å²) in [7, 11) is 0. The third kappa shape index (κ3) is 6.39. The molecule has 0 bridgehead atoms. The zero-order chi connectivity index (χ0) is 13.4. The Morgan fingerprint density at radius 3 is 2.33 bits per heavy atom. The Morgan fingerprint density at radius 1 is 1.17 bits per heavy atom. The van der Waals surface area contributed by atoms with E-state index in [1.807, 2.05) is 0 Å². The number of rotatable bonds is 6. The lowest BCUT2D eigenvalue weighted by molar-refractivity contribution is -0.121. The van der Waals surface area contributed by atoms with E-state index in [4.69, 9.17) is 0 Å². The molecule has 3 heteroatoms. The van der Waals surface area contributed by atoms with Crippen LogP contribution in [0.5, 0.6) is 0 Å². The Labute approximate surface area is 112 Å². The number of hydrogen-bond acceptors (Lipinski definition) is 2. The van der Waals surface area contributed by atoms with Gasteiger partial charge in [0.05, 0.1) is 6.54 Å². The molecule has 0 aliphatic heterocycles. The van der Waals surface area contributed by atoms with Gasteiger partial charge in [0.2, 0.25) is 5.91 Å². The number of hydrogen-bond donors (Lipinski definition) is 2. The second kappa shape index (κ2) is 7.78. The van der Waals surface area contributed by atoms with Crippen LogP contribution in [0.15, 0.2) is 0 Å². The van der Waals surface area contributed by atoms with Gasteiger partial charge in [-0.2, -0.15) is 0 Å². The zero-order valence-corrected chi connectivity index (χ0v) is 12.3. The van der Waals surface area contributed by atoms with E-state index in [1.165, 1.54) is 25.7 Å². The first-order valence-electron chi connectivity index (χ1n) is 7.53. The van der Waals surface area contributed by atoms with Crippen LogP contribution in [0.3, 0.4) is 0 Å². The minimum Gasteiger partial charge on any atom is -0.352 e. The number of amides is 1. The zero-order valence-electron chi connectivity index (χ0n) is 12.3. The molecule has 0 saturated heterocycles. The van der Waals surface area contributed by atoms with Gasteiger partial charge in [-0.15, -0.1) is 0 Å². The minimum absolute atomic E-state index is 0.161. The summed E-state index contributed by atoms with van der Waals surface area (Å²) in [6, 6.07) is 0.418. The van der Waals surface area contributed by atoms with Crippen LogP contribution in [-0.4, -0.2) is 25.0 Å². The number of carbonyl (C=O) groups excluding carboxylic acids is 1. The van der Waals surface area contributed by atoms with E-state index in [9.17, 15) is 4.79 Å². The molecular weight excluding hydrogens is 224 g/mol. The van der Waals surface area contributed by atoms with Crippen LogP contribution >= 0.6 is 0 Å². The summed E-state index contributed by atoms with van der Waals surface area (Å²) in [6.07, 6.45) is 8.63. The largest absolute Gasteiger partial charge is 0.352 e. The maximum absolute atomic E-state index is 11.8. The molecule has 18 heavy (non-hydrogen) atoms. The van der Waals surface area contributed by atoms with Crippen molar-refractivity contribution in [1.29, 1.82) is 0 Å². The van der Waals surface area contributed by atoms with Gasteiger partial charge >= 0.3 is 0 Å². The van der Waals surface area contributed by atoms with Crippen LogP contribution in [0.1, 0.15) is 65.7 Å². The highest BCUT2D eigenvalue weighted by Crippen LogP contribution is 2.18. The standard InChI is InChI=1S/C15H30N2O/c1-4-15(2,3)12-16-11-14(18)17-13-9-7-5-6-8-10-13/h13,16H,4-12H2,1-3H3,(H,17,18). The fraction of sp³-hybridized carbons (Fsp3) is 0.933. The van der Waals surface area contributed by atoms with Gasteiger partial charge < -0.3 is 10.6 Å². The quantitative estimate of drug-likeness (QED) is 0.716. The van der Waals surface area contributed by atoms with Crippen LogP contribution < -0.4 is 10.6 Å². The summed E-state index contributed by atoms with van der Waals surface area (Å²) in [5.74, 6) is 0.161. The van der Waals surface area contributed by atoms with Gasteiger partial charge in [0.1, 0.15) is 0 Å². The second-order valence-corrected chi connectivity index (χ2v) is 6.38. The molecule has 106 valence electrons. The SMILES string of the molecule is CCC(C)(C)CNCC(=O)NC1CCCCCC1. The predicted octanol–water partition coefficient (Wildman–Crippen LogP) is 2.85. The van der Waals surface area contributed by atoms with E-state index in [0.717, 1.165) is 25.8 Å². The normalized spacial score (nSPS) is 18.4. The number of carbonyl (C=O) groups is 1. The molecule has 1 aliphatic carbocycles. The van der Waals surface area contributed by atoms with E-state index in [2.05, 4.69) is 31.4 Å². The van der Waals surface area contributed by atoms with Gasteiger partial charge in [-0.3, -0.25) is 4.79 Å². The molecule has 1 aliphatic rings. The Hall–Kier alpha value is -0.570. The Bertz CT molecular complexity index is 243. The van der Waals surface area contributed by atoms with Gasteiger partial charge in [-0.25, -0.2) is 0 Å². The lowest BCUT2D eigenvalue weighted by atomic mass is 9.90. The molecule has 0 radical (unpaired) electrons. The van der Waals surface area contributed by atoms with Gasteiger partial charge in [0.25, 0.3) is 0 Å². The van der Waals surface area contributed by atoms with Crippen molar-refractivity contribution in [3.63, 3.8) is 0 Å². The third-order valence-electron chi connectivity index (χ3n) is 4.07. The molecule has 0 heterocycles. The van der Waals surface area contributed by atoms with Crippen LogP contribution in [0.25, 0.3) is 0 Å². The van der Waals surface area contributed by atoms with Crippen molar-refractivity contribution in [3.8, 4) is 0 Å². The average Bonchev–Trinajstić information content (AvgIpc) is 2.57. The predicted molar refractivity (Wildman–Crippen MR) is 76.6 cm³/mol. The van der Waals surface area contributed by atoms with E-state index >= 15 is 0 Å². The summed E-state index contributed by atoms with van der Waals surface area (Å²) in [6.45, 7) is 8.00. The van der Waals surface area contributed by atoms with Crippen molar-refractivity contribution in [2.75, 3.05) is 13.1 Å². The lowest BCUT2D eigenvalue weighted by Gasteiger charge is -2.23. The van der Waals surface area contributed by atoms with E-state index in [-0.39, 0.29) is 11.3 Å².